The van der Waals surface area contributed by atoms with Crippen LogP contribution < -0.4 is 10.5 Å². The second kappa shape index (κ2) is 8.88. The van der Waals surface area contributed by atoms with E-state index in [1.54, 1.807) is 7.11 Å². The summed E-state index contributed by atoms with van der Waals surface area (Å²) in [4.78, 5) is 2.48. The van der Waals surface area contributed by atoms with Crippen molar-refractivity contribution in [2.45, 2.75) is 44.4 Å². The number of rotatable bonds is 7. The third-order valence-electron chi connectivity index (χ3n) is 4.89. The standard InChI is InChI=1S/C18H28N2O2.ClH/c1-21-18-8-9-20(16(10-18)11-19)12-14-4-6-17(7-5-14)22-13-15-2-3-15;/h4-7,15-16,18H,2-3,8-13,19H2,1H3;1H. The van der Waals surface area contributed by atoms with Gasteiger partial charge in [-0.3, -0.25) is 4.90 Å². The maximum Gasteiger partial charge on any atom is 0.119 e. The maximum absolute atomic E-state index is 5.94. The first-order valence-electron chi connectivity index (χ1n) is 8.47. The number of benzene rings is 1. The molecule has 1 aromatic rings. The molecule has 2 N–H and O–H groups in total. The zero-order valence-corrected chi connectivity index (χ0v) is 14.8. The molecule has 1 saturated carbocycles. The molecule has 130 valence electrons. The van der Waals surface area contributed by atoms with Gasteiger partial charge in [0.05, 0.1) is 12.7 Å². The minimum Gasteiger partial charge on any atom is -0.493 e. The van der Waals surface area contributed by atoms with E-state index >= 15 is 0 Å². The third kappa shape index (κ3) is 5.35. The van der Waals surface area contributed by atoms with Gasteiger partial charge >= 0.3 is 0 Å². The van der Waals surface area contributed by atoms with Crippen molar-refractivity contribution in [3.8, 4) is 5.75 Å². The van der Waals surface area contributed by atoms with E-state index in [0.29, 0.717) is 18.7 Å². The molecule has 23 heavy (non-hydrogen) atoms. The summed E-state index contributed by atoms with van der Waals surface area (Å²) in [5.74, 6) is 1.79. The molecule has 0 spiro atoms. The Balaban J connectivity index is 0.00000192. The summed E-state index contributed by atoms with van der Waals surface area (Å²) in [7, 11) is 1.80. The zero-order chi connectivity index (χ0) is 15.4. The van der Waals surface area contributed by atoms with Crippen LogP contribution in [0.2, 0.25) is 0 Å². The Morgan fingerprint density at radius 1 is 1.17 bits per heavy atom. The molecule has 0 amide bonds. The lowest BCUT2D eigenvalue weighted by Crippen LogP contribution is -2.47. The lowest BCUT2D eigenvalue weighted by atomic mass is 9.98. The van der Waals surface area contributed by atoms with Crippen LogP contribution in [0.15, 0.2) is 24.3 Å². The average molecular weight is 341 g/mol. The number of nitrogens with two attached hydrogens (primary N) is 1. The van der Waals surface area contributed by atoms with Crippen molar-refractivity contribution in [3.05, 3.63) is 29.8 Å². The topological polar surface area (TPSA) is 47.7 Å². The van der Waals surface area contributed by atoms with Gasteiger partial charge in [-0.2, -0.15) is 0 Å². The predicted molar refractivity (Wildman–Crippen MR) is 95.2 cm³/mol. The summed E-state index contributed by atoms with van der Waals surface area (Å²) in [6.45, 7) is 3.59. The van der Waals surface area contributed by atoms with E-state index in [1.165, 1.54) is 18.4 Å². The van der Waals surface area contributed by atoms with Crippen LogP contribution in [0.4, 0.5) is 0 Å². The molecular weight excluding hydrogens is 312 g/mol. The number of likely N-dealkylation sites (tertiary alicyclic amines) is 1. The number of halogens is 1. The summed E-state index contributed by atoms with van der Waals surface area (Å²) in [6.07, 6.45) is 5.15. The highest BCUT2D eigenvalue weighted by atomic mass is 35.5. The second-order valence-electron chi connectivity index (χ2n) is 6.64. The van der Waals surface area contributed by atoms with Crippen LogP contribution in [0, 0.1) is 5.92 Å². The molecule has 5 heteroatoms. The monoisotopic (exact) mass is 340 g/mol. The molecule has 1 saturated heterocycles. The SMILES string of the molecule is COC1CCN(Cc2ccc(OCC3CC3)cc2)C(CN)C1.Cl. The molecule has 1 aliphatic carbocycles. The van der Waals surface area contributed by atoms with Gasteiger partial charge in [0.15, 0.2) is 0 Å². The van der Waals surface area contributed by atoms with E-state index in [4.69, 9.17) is 15.2 Å². The van der Waals surface area contributed by atoms with Gasteiger partial charge in [0.25, 0.3) is 0 Å². The Morgan fingerprint density at radius 2 is 1.91 bits per heavy atom. The number of piperidine rings is 1. The Labute approximate surface area is 145 Å². The highest BCUT2D eigenvalue weighted by Crippen LogP contribution is 2.29. The van der Waals surface area contributed by atoms with Crippen molar-refractivity contribution in [1.29, 1.82) is 0 Å². The average Bonchev–Trinajstić information content (AvgIpc) is 3.39. The van der Waals surface area contributed by atoms with Crippen molar-refractivity contribution in [2.24, 2.45) is 11.7 Å². The molecule has 0 aromatic heterocycles. The van der Waals surface area contributed by atoms with Gasteiger partial charge in [-0.25, -0.2) is 0 Å². The quantitative estimate of drug-likeness (QED) is 0.829. The van der Waals surface area contributed by atoms with E-state index in [1.807, 2.05) is 0 Å². The molecule has 2 aliphatic rings. The first-order valence-corrected chi connectivity index (χ1v) is 8.47. The van der Waals surface area contributed by atoms with Crippen molar-refractivity contribution >= 4 is 12.4 Å². The van der Waals surface area contributed by atoms with Gasteiger partial charge in [-0.05, 0) is 49.3 Å². The van der Waals surface area contributed by atoms with E-state index in [9.17, 15) is 0 Å². The fourth-order valence-corrected chi connectivity index (χ4v) is 3.15. The van der Waals surface area contributed by atoms with E-state index in [2.05, 4.69) is 29.2 Å². The molecule has 3 rings (SSSR count). The Hall–Kier alpha value is -0.810. The zero-order valence-electron chi connectivity index (χ0n) is 13.9. The molecule has 2 unspecified atom stereocenters. The number of ether oxygens (including phenoxy) is 2. The summed E-state index contributed by atoms with van der Waals surface area (Å²) in [6, 6.07) is 8.97. The van der Waals surface area contributed by atoms with Crippen LogP contribution in [0.1, 0.15) is 31.2 Å². The first kappa shape index (κ1) is 18.5. The molecule has 2 atom stereocenters. The highest BCUT2D eigenvalue weighted by Gasteiger charge is 2.27. The van der Waals surface area contributed by atoms with Crippen LogP contribution in [0.5, 0.6) is 5.75 Å². The van der Waals surface area contributed by atoms with Crippen molar-refractivity contribution in [1.82, 2.24) is 4.90 Å². The molecule has 1 aromatic carbocycles. The molecule has 2 fully saturated rings. The summed E-state index contributed by atoms with van der Waals surface area (Å²) in [5.41, 5.74) is 7.27. The van der Waals surface area contributed by atoms with E-state index in [0.717, 1.165) is 44.2 Å². The van der Waals surface area contributed by atoms with Crippen LogP contribution in [0.25, 0.3) is 0 Å². The van der Waals surface area contributed by atoms with E-state index in [-0.39, 0.29) is 12.4 Å². The van der Waals surface area contributed by atoms with Crippen LogP contribution >= 0.6 is 12.4 Å². The Morgan fingerprint density at radius 3 is 2.52 bits per heavy atom. The molecule has 1 aliphatic heterocycles. The number of nitrogens with zero attached hydrogens (tertiary/aromatic N) is 1. The highest BCUT2D eigenvalue weighted by molar-refractivity contribution is 5.85. The number of methoxy groups -OCH3 is 1. The van der Waals surface area contributed by atoms with Crippen molar-refractivity contribution < 1.29 is 9.47 Å². The van der Waals surface area contributed by atoms with Gasteiger partial charge < -0.3 is 15.2 Å². The third-order valence-corrected chi connectivity index (χ3v) is 4.89. The van der Waals surface area contributed by atoms with Crippen LogP contribution in [-0.4, -0.2) is 43.9 Å². The van der Waals surface area contributed by atoms with Gasteiger partial charge in [0.2, 0.25) is 0 Å². The molecule has 4 nitrogen and oxygen atoms in total. The smallest absolute Gasteiger partial charge is 0.119 e. The molecule has 0 radical (unpaired) electrons. The minimum absolute atomic E-state index is 0. The summed E-state index contributed by atoms with van der Waals surface area (Å²) >= 11 is 0. The fourth-order valence-electron chi connectivity index (χ4n) is 3.15. The van der Waals surface area contributed by atoms with Gasteiger partial charge in [0.1, 0.15) is 5.75 Å². The first-order chi connectivity index (χ1) is 10.8. The largest absolute Gasteiger partial charge is 0.493 e. The number of hydrogen-bond acceptors (Lipinski definition) is 4. The van der Waals surface area contributed by atoms with Crippen molar-refractivity contribution in [2.75, 3.05) is 26.8 Å². The predicted octanol–water partition coefficient (Wildman–Crippen LogP) is 2.84. The fraction of sp³-hybridized carbons (Fsp3) is 0.667. The van der Waals surface area contributed by atoms with Gasteiger partial charge in [0, 0.05) is 32.8 Å². The Kier molecular flexibility index (Phi) is 7.15. The molecule has 1 heterocycles. The number of hydrogen-bond donors (Lipinski definition) is 1. The van der Waals surface area contributed by atoms with Gasteiger partial charge in [-0.15, -0.1) is 12.4 Å². The minimum atomic E-state index is 0. The lowest BCUT2D eigenvalue weighted by molar-refractivity contribution is 0.0102. The maximum atomic E-state index is 5.94. The van der Waals surface area contributed by atoms with E-state index < -0.39 is 0 Å². The summed E-state index contributed by atoms with van der Waals surface area (Å²) in [5, 5.41) is 0. The van der Waals surface area contributed by atoms with Crippen molar-refractivity contribution in [3.63, 3.8) is 0 Å². The summed E-state index contributed by atoms with van der Waals surface area (Å²) < 4.78 is 11.3. The second-order valence-corrected chi connectivity index (χ2v) is 6.64. The van der Waals surface area contributed by atoms with Gasteiger partial charge in [-0.1, -0.05) is 12.1 Å². The molecule has 0 bridgehead atoms. The normalized spacial score (nSPS) is 25.0. The van der Waals surface area contributed by atoms with Crippen LogP contribution in [-0.2, 0) is 11.3 Å². The lowest BCUT2D eigenvalue weighted by Gasteiger charge is -2.38. The molecular formula is C18H29ClN2O2. The Bertz CT molecular complexity index is 465. The van der Waals surface area contributed by atoms with Crippen LogP contribution in [0.3, 0.4) is 0 Å².